The SMILES string of the molecule is C=C1CCCN1C(C)C(N)=O. The molecule has 0 saturated carbocycles. The zero-order valence-corrected chi connectivity index (χ0v) is 6.84. The van der Waals surface area contributed by atoms with Crippen LogP contribution in [0.25, 0.3) is 0 Å². The molecule has 1 heterocycles. The lowest BCUT2D eigenvalue weighted by Crippen LogP contribution is -2.39. The number of nitrogens with zero attached hydrogens (tertiary/aromatic N) is 1. The number of carbonyl (C=O) groups excluding carboxylic acids is 1. The molecule has 1 atom stereocenters. The van der Waals surface area contributed by atoms with Gasteiger partial charge in [0.05, 0.1) is 0 Å². The molecule has 0 spiro atoms. The summed E-state index contributed by atoms with van der Waals surface area (Å²) in [4.78, 5) is 12.7. The van der Waals surface area contributed by atoms with Crippen molar-refractivity contribution in [2.24, 2.45) is 5.73 Å². The van der Waals surface area contributed by atoms with Gasteiger partial charge >= 0.3 is 0 Å². The van der Waals surface area contributed by atoms with Crippen LogP contribution < -0.4 is 5.73 Å². The van der Waals surface area contributed by atoms with Gasteiger partial charge in [-0.3, -0.25) is 4.79 Å². The highest BCUT2D eigenvalue weighted by atomic mass is 16.1. The Labute approximate surface area is 66.9 Å². The van der Waals surface area contributed by atoms with Gasteiger partial charge in [0.25, 0.3) is 0 Å². The maximum atomic E-state index is 10.8. The third-order valence-electron chi connectivity index (χ3n) is 2.15. The van der Waals surface area contributed by atoms with E-state index in [-0.39, 0.29) is 11.9 Å². The minimum absolute atomic E-state index is 0.190. The van der Waals surface area contributed by atoms with Crippen molar-refractivity contribution in [3.05, 3.63) is 12.3 Å². The highest BCUT2D eigenvalue weighted by Crippen LogP contribution is 2.21. The Kier molecular flexibility index (Phi) is 2.17. The van der Waals surface area contributed by atoms with E-state index in [1.54, 1.807) is 0 Å². The fourth-order valence-corrected chi connectivity index (χ4v) is 1.38. The first kappa shape index (κ1) is 8.11. The molecule has 62 valence electrons. The van der Waals surface area contributed by atoms with Crippen LogP contribution in [-0.2, 0) is 4.79 Å². The minimum atomic E-state index is -0.270. The van der Waals surface area contributed by atoms with Crippen LogP contribution in [-0.4, -0.2) is 23.4 Å². The molecule has 1 aliphatic rings. The smallest absolute Gasteiger partial charge is 0.239 e. The van der Waals surface area contributed by atoms with Gasteiger partial charge in [-0.25, -0.2) is 0 Å². The van der Waals surface area contributed by atoms with Crippen LogP contribution in [0.5, 0.6) is 0 Å². The van der Waals surface area contributed by atoms with Gasteiger partial charge in [0, 0.05) is 12.2 Å². The van der Waals surface area contributed by atoms with Crippen molar-refractivity contribution in [2.45, 2.75) is 25.8 Å². The Balaban J connectivity index is 2.59. The molecule has 2 N–H and O–H groups in total. The molecule has 11 heavy (non-hydrogen) atoms. The molecule has 0 aromatic heterocycles. The van der Waals surface area contributed by atoms with Crippen LogP contribution in [0.15, 0.2) is 12.3 Å². The zero-order chi connectivity index (χ0) is 8.43. The van der Waals surface area contributed by atoms with E-state index in [0.717, 1.165) is 25.1 Å². The standard InChI is InChI=1S/C8H14N2O/c1-6-4-3-5-10(6)7(2)8(9)11/h7H,1,3-5H2,2H3,(H2,9,11). The van der Waals surface area contributed by atoms with Gasteiger partial charge < -0.3 is 10.6 Å². The van der Waals surface area contributed by atoms with Crippen molar-refractivity contribution in [1.82, 2.24) is 4.90 Å². The Bertz CT molecular complexity index is 189. The summed E-state index contributed by atoms with van der Waals surface area (Å²) in [5.74, 6) is -0.270. The van der Waals surface area contributed by atoms with E-state index in [2.05, 4.69) is 6.58 Å². The van der Waals surface area contributed by atoms with Gasteiger partial charge in [-0.1, -0.05) is 6.58 Å². The number of hydrogen-bond acceptors (Lipinski definition) is 2. The van der Waals surface area contributed by atoms with E-state index in [4.69, 9.17) is 5.73 Å². The van der Waals surface area contributed by atoms with E-state index < -0.39 is 0 Å². The molecular formula is C8H14N2O. The highest BCUT2D eigenvalue weighted by Gasteiger charge is 2.23. The topological polar surface area (TPSA) is 46.3 Å². The van der Waals surface area contributed by atoms with Gasteiger partial charge in [-0.15, -0.1) is 0 Å². The van der Waals surface area contributed by atoms with Crippen LogP contribution >= 0.6 is 0 Å². The molecule has 1 saturated heterocycles. The summed E-state index contributed by atoms with van der Waals surface area (Å²) in [6, 6.07) is -0.190. The Morgan fingerprint density at radius 1 is 1.82 bits per heavy atom. The molecule has 0 aromatic rings. The van der Waals surface area contributed by atoms with Crippen LogP contribution in [0.4, 0.5) is 0 Å². The second-order valence-corrected chi connectivity index (χ2v) is 2.94. The molecule has 1 rings (SSSR count). The third kappa shape index (κ3) is 1.53. The lowest BCUT2D eigenvalue weighted by atomic mass is 10.3. The number of amides is 1. The summed E-state index contributed by atoms with van der Waals surface area (Å²) in [6.07, 6.45) is 2.09. The molecule has 3 nitrogen and oxygen atoms in total. The van der Waals surface area contributed by atoms with Crippen LogP contribution in [0.2, 0.25) is 0 Å². The van der Waals surface area contributed by atoms with Gasteiger partial charge in [0.15, 0.2) is 0 Å². The van der Waals surface area contributed by atoms with E-state index >= 15 is 0 Å². The molecule has 0 aromatic carbocycles. The molecule has 1 amide bonds. The number of likely N-dealkylation sites (tertiary alicyclic amines) is 1. The quantitative estimate of drug-likeness (QED) is 0.628. The fraction of sp³-hybridized carbons (Fsp3) is 0.625. The van der Waals surface area contributed by atoms with Crippen molar-refractivity contribution in [2.75, 3.05) is 6.54 Å². The lowest BCUT2D eigenvalue weighted by molar-refractivity contribution is -0.121. The van der Waals surface area contributed by atoms with Crippen molar-refractivity contribution in [3.63, 3.8) is 0 Å². The summed E-state index contributed by atoms with van der Waals surface area (Å²) in [5.41, 5.74) is 6.19. The van der Waals surface area contributed by atoms with Crippen molar-refractivity contribution in [3.8, 4) is 0 Å². The van der Waals surface area contributed by atoms with Gasteiger partial charge in [0.1, 0.15) is 6.04 Å². The van der Waals surface area contributed by atoms with Gasteiger partial charge in [-0.2, -0.15) is 0 Å². The number of carbonyl (C=O) groups is 1. The van der Waals surface area contributed by atoms with Crippen LogP contribution in [0.3, 0.4) is 0 Å². The summed E-state index contributed by atoms with van der Waals surface area (Å²) in [6.45, 7) is 6.60. The van der Waals surface area contributed by atoms with Crippen molar-refractivity contribution in [1.29, 1.82) is 0 Å². The monoisotopic (exact) mass is 154 g/mol. The second-order valence-electron chi connectivity index (χ2n) is 2.94. The lowest BCUT2D eigenvalue weighted by Gasteiger charge is -2.24. The minimum Gasteiger partial charge on any atom is -0.368 e. The molecular weight excluding hydrogens is 140 g/mol. The largest absolute Gasteiger partial charge is 0.368 e. The Morgan fingerprint density at radius 2 is 2.45 bits per heavy atom. The average Bonchev–Trinajstić information content (AvgIpc) is 2.33. The van der Waals surface area contributed by atoms with E-state index in [0.29, 0.717) is 0 Å². The van der Waals surface area contributed by atoms with Gasteiger partial charge in [0.2, 0.25) is 5.91 Å². The van der Waals surface area contributed by atoms with Crippen molar-refractivity contribution < 1.29 is 4.79 Å². The molecule has 0 radical (unpaired) electrons. The summed E-state index contributed by atoms with van der Waals surface area (Å²) >= 11 is 0. The summed E-state index contributed by atoms with van der Waals surface area (Å²) < 4.78 is 0. The molecule has 0 aliphatic carbocycles. The van der Waals surface area contributed by atoms with Gasteiger partial charge in [-0.05, 0) is 19.8 Å². The number of allylic oxidation sites excluding steroid dienone is 1. The molecule has 1 aliphatic heterocycles. The van der Waals surface area contributed by atoms with Crippen molar-refractivity contribution >= 4 is 5.91 Å². The summed E-state index contributed by atoms with van der Waals surface area (Å²) in [5, 5.41) is 0. The molecule has 3 heteroatoms. The maximum Gasteiger partial charge on any atom is 0.239 e. The molecule has 0 bridgehead atoms. The first-order chi connectivity index (χ1) is 5.13. The highest BCUT2D eigenvalue weighted by molar-refractivity contribution is 5.79. The molecule has 1 fully saturated rings. The number of rotatable bonds is 2. The fourth-order valence-electron chi connectivity index (χ4n) is 1.38. The second kappa shape index (κ2) is 2.95. The average molecular weight is 154 g/mol. The van der Waals surface area contributed by atoms with E-state index in [1.807, 2.05) is 11.8 Å². The van der Waals surface area contributed by atoms with E-state index in [1.165, 1.54) is 0 Å². The normalized spacial score (nSPS) is 20.5. The maximum absolute atomic E-state index is 10.8. The first-order valence-electron chi connectivity index (χ1n) is 3.86. The zero-order valence-electron chi connectivity index (χ0n) is 6.84. The third-order valence-corrected chi connectivity index (χ3v) is 2.15. The number of hydrogen-bond donors (Lipinski definition) is 1. The predicted molar refractivity (Wildman–Crippen MR) is 43.7 cm³/mol. The predicted octanol–water partition coefficient (Wildman–Crippen LogP) is 0.470. The first-order valence-corrected chi connectivity index (χ1v) is 3.86. The Hall–Kier alpha value is -0.990. The van der Waals surface area contributed by atoms with E-state index in [9.17, 15) is 4.79 Å². The number of primary amides is 1. The Morgan fingerprint density at radius 3 is 2.82 bits per heavy atom. The van der Waals surface area contributed by atoms with Crippen LogP contribution in [0.1, 0.15) is 19.8 Å². The molecule has 1 unspecified atom stereocenters. The van der Waals surface area contributed by atoms with Crippen LogP contribution in [0, 0.1) is 0 Å². The number of nitrogens with two attached hydrogens (primary N) is 1. The summed E-state index contributed by atoms with van der Waals surface area (Å²) in [7, 11) is 0.